The number of rotatable bonds is 2. The Morgan fingerprint density at radius 2 is 2.12 bits per heavy atom. The average Bonchev–Trinajstić information content (AvgIpc) is 2.15. The predicted octanol–water partition coefficient (Wildman–Crippen LogP) is 2.53. The Bertz CT molecular complexity index is 354. The largest absolute Gasteiger partial charge is 0.450 e. The summed E-state index contributed by atoms with van der Waals surface area (Å²) in [5.74, 6) is -0.0965. The highest BCUT2D eigenvalue weighted by Gasteiger charge is 2.36. The van der Waals surface area contributed by atoms with Crippen LogP contribution in [0.1, 0.15) is 40.5 Å². The standard InChI is InChI=1S/C12H19NO4/c1-8-5-6-9(13(15)16)10(7-8)17-11(14)12(2,3)4/h6,8,10H,5,7H2,1-4H3. The van der Waals surface area contributed by atoms with Crippen LogP contribution in [0.2, 0.25) is 0 Å². The van der Waals surface area contributed by atoms with E-state index in [1.165, 1.54) is 0 Å². The molecule has 1 aliphatic carbocycles. The molecule has 0 bridgehead atoms. The van der Waals surface area contributed by atoms with Gasteiger partial charge in [-0.25, -0.2) is 0 Å². The van der Waals surface area contributed by atoms with Gasteiger partial charge in [-0.2, -0.15) is 0 Å². The quantitative estimate of drug-likeness (QED) is 0.423. The third-order valence-corrected chi connectivity index (χ3v) is 2.75. The van der Waals surface area contributed by atoms with Crippen molar-refractivity contribution in [3.05, 3.63) is 21.9 Å². The monoisotopic (exact) mass is 241 g/mol. The molecular formula is C12H19NO4. The summed E-state index contributed by atoms with van der Waals surface area (Å²) in [6, 6.07) is 0. The first-order chi connectivity index (χ1) is 7.71. The van der Waals surface area contributed by atoms with E-state index < -0.39 is 22.4 Å². The van der Waals surface area contributed by atoms with Crippen molar-refractivity contribution in [2.75, 3.05) is 0 Å². The van der Waals surface area contributed by atoms with Crippen LogP contribution in [0, 0.1) is 21.4 Å². The van der Waals surface area contributed by atoms with Crippen molar-refractivity contribution >= 4 is 5.97 Å². The molecule has 0 saturated heterocycles. The number of nitrogens with zero attached hydrogens (tertiary/aromatic N) is 1. The third kappa shape index (κ3) is 3.54. The Labute approximate surface area is 101 Å². The van der Waals surface area contributed by atoms with Crippen molar-refractivity contribution in [3.8, 4) is 0 Å². The van der Waals surface area contributed by atoms with Gasteiger partial charge in [0.1, 0.15) is 0 Å². The maximum Gasteiger partial charge on any atom is 0.312 e. The van der Waals surface area contributed by atoms with E-state index in [4.69, 9.17) is 4.74 Å². The SMILES string of the molecule is CC1CC=C([N+](=O)[O-])C(OC(=O)C(C)(C)C)C1. The minimum Gasteiger partial charge on any atom is -0.450 e. The highest BCUT2D eigenvalue weighted by atomic mass is 16.6. The Morgan fingerprint density at radius 3 is 2.59 bits per heavy atom. The van der Waals surface area contributed by atoms with E-state index in [0.717, 1.165) is 0 Å². The minimum absolute atomic E-state index is 0.0145. The van der Waals surface area contributed by atoms with Gasteiger partial charge in [0.05, 0.1) is 10.3 Å². The molecule has 5 heteroatoms. The molecule has 2 unspecified atom stereocenters. The summed E-state index contributed by atoms with van der Waals surface area (Å²) in [5.41, 5.74) is -0.622. The van der Waals surface area contributed by atoms with Crippen molar-refractivity contribution in [2.45, 2.75) is 46.6 Å². The van der Waals surface area contributed by atoms with E-state index >= 15 is 0 Å². The zero-order valence-corrected chi connectivity index (χ0v) is 10.7. The second-order valence-corrected chi connectivity index (χ2v) is 5.61. The van der Waals surface area contributed by atoms with Gasteiger partial charge >= 0.3 is 5.97 Å². The Hall–Kier alpha value is -1.39. The summed E-state index contributed by atoms with van der Waals surface area (Å²) in [4.78, 5) is 22.1. The summed E-state index contributed by atoms with van der Waals surface area (Å²) in [5, 5.41) is 10.8. The molecule has 0 aromatic carbocycles. The van der Waals surface area contributed by atoms with Crippen LogP contribution in [-0.4, -0.2) is 17.0 Å². The molecule has 0 aromatic rings. The first kappa shape index (κ1) is 13.7. The summed E-state index contributed by atoms with van der Waals surface area (Å²) in [6.07, 6.45) is 2.05. The lowest BCUT2D eigenvalue weighted by Gasteiger charge is -2.26. The number of carbonyl (C=O) groups excluding carboxylic acids is 1. The zero-order chi connectivity index (χ0) is 13.2. The van der Waals surface area contributed by atoms with Crippen molar-refractivity contribution in [1.29, 1.82) is 0 Å². The molecular weight excluding hydrogens is 222 g/mol. The van der Waals surface area contributed by atoms with Gasteiger partial charge in [0.2, 0.25) is 0 Å². The van der Waals surface area contributed by atoms with Gasteiger partial charge in [0, 0.05) is 0 Å². The average molecular weight is 241 g/mol. The van der Waals surface area contributed by atoms with Crippen molar-refractivity contribution in [1.82, 2.24) is 0 Å². The van der Waals surface area contributed by atoms with E-state index in [1.807, 2.05) is 6.92 Å². The second kappa shape index (κ2) is 4.85. The molecule has 17 heavy (non-hydrogen) atoms. The molecule has 0 aromatic heterocycles. The topological polar surface area (TPSA) is 69.4 Å². The van der Waals surface area contributed by atoms with Gasteiger partial charge in [-0.1, -0.05) is 6.92 Å². The molecule has 0 N–H and O–H groups in total. The summed E-state index contributed by atoms with van der Waals surface area (Å²) in [7, 11) is 0. The van der Waals surface area contributed by atoms with Crippen LogP contribution in [0.4, 0.5) is 0 Å². The van der Waals surface area contributed by atoms with Gasteiger partial charge in [-0.05, 0) is 45.6 Å². The lowest BCUT2D eigenvalue weighted by atomic mass is 9.91. The van der Waals surface area contributed by atoms with Crippen LogP contribution in [0.15, 0.2) is 11.8 Å². The van der Waals surface area contributed by atoms with Gasteiger partial charge in [-0.3, -0.25) is 14.9 Å². The van der Waals surface area contributed by atoms with Crippen molar-refractivity contribution in [2.24, 2.45) is 11.3 Å². The first-order valence-electron chi connectivity index (χ1n) is 5.77. The predicted molar refractivity (Wildman–Crippen MR) is 62.8 cm³/mol. The first-order valence-corrected chi connectivity index (χ1v) is 5.77. The number of nitro groups is 1. The van der Waals surface area contributed by atoms with Crippen molar-refractivity contribution in [3.63, 3.8) is 0 Å². The normalized spacial score (nSPS) is 25.1. The Kier molecular flexibility index (Phi) is 3.91. The summed E-state index contributed by atoms with van der Waals surface area (Å²) >= 11 is 0. The highest BCUT2D eigenvalue weighted by Crippen LogP contribution is 2.28. The molecule has 5 nitrogen and oxygen atoms in total. The number of hydrogen-bond donors (Lipinski definition) is 0. The number of hydrogen-bond acceptors (Lipinski definition) is 4. The van der Waals surface area contributed by atoms with E-state index in [1.54, 1.807) is 26.8 Å². The van der Waals surface area contributed by atoms with Crippen molar-refractivity contribution < 1.29 is 14.5 Å². The highest BCUT2D eigenvalue weighted by molar-refractivity contribution is 5.75. The lowest BCUT2D eigenvalue weighted by Crippen LogP contribution is -2.33. The molecule has 0 fully saturated rings. The fourth-order valence-electron chi connectivity index (χ4n) is 1.64. The van der Waals surface area contributed by atoms with Crippen LogP contribution in [0.5, 0.6) is 0 Å². The molecule has 0 aliphatic heterocycles. The molecule has 1 rings (SSSR count). The molecule has 0 radical (unpaired) electrons. The smallest absolute Gasteiger partial charge is 0.312 e. The van der Waals surface area contributed by atoms with Gasteiger partial charge in [0.15, 0.2) is 6.10 Å². The fraction of sp³-hybridized carbons (Fsp3) is 0.750. The molecule has 96 valence electrons. The zero-order valence-electron chi connectivity index (χ0n) is 10.7. The van der Waals surface area contributed by atoms with Crippen LogP contribution < -0.4 is 0 Å². The fourth-order valence-corrected chi connectivity index (χ4v) is 1.64. The molecule has 0 spiro atoms. The third-order valence-electron chi connectivity index (χ3n) is 2.75. The van der Waals surface area contributed by atoms with Gasteiger partial charge in [0.25, 0.3) is 5.70 Å². The van der Waals surface area contributed by atoms with Crippen LogP contribution >= 0.6 is 0 Å². The second-order valence-electron chi connectivity index (χ2n) is 5.61. The molecule has 0 amide bonds. The van der Waals surface area contributed by atoms with Crippen LogP contribution in [-0.2, 0) is 9.53 Å². The number of allylic oxidation sites excluding steroid dienone is 1. The molecule has 2 atom stereocenters. The van der Waals surface area contributed by atoms with E-state index in [2.05, 4.69) is 0 Å². The molecule has 0 saturated carbocycles. The van der Waals surface area contributed by atoms with E-state index in [0.29, 0.717) is 18.8 Å². The Morgan fingerprint density at radius 1 is 1.53 bits per heavy atom. The molecule has 1 aliphatic rings. The summed E-state index contributed by atoms with van der Waals surface area (Å²) < 4.78 is 5.25. The summed E-state index contributed by atoms with van der Waals surface area (Å²) in [6.45, 7) is 7.19. The van der Waals surface area contributed by atoms with Crippen LogP contribution in [0.3, 0.4) is 0 Å². The Balaban J connectivity index is 2.81. The van der Waals surface area contributed by atoms with E-state index in [9.17, 15) is 14.9 Å². The van der Waals surface area contributed by atoms with Gasteiger partial charge in [-0.15, -0.1) is 0 Å². The molecule has 0 heterocycles. The number of carbonyl (C=O) groups is 1. The minimum atomic E-state index is -0.708. The lowest BCUT2D eigenvalue weighted by molar-refractivity contribution is -0.437. The van der Waals surface area contributed by atoms with E-state index in [-0.39, 0.29) is 5.70 Å². The maximum atomic E-state index is 11.7. The maximum absolute atomic E-state index is 11.7. The number of esters is 1. The van der Waals surface area contributed by atoms with Crippen LogP contribution in [0.25, 0.3) is 0 Å². The number of ether oxygens (including phenoxy) is 1. The van der Waals surface area contributed by atoms with Gasteiger partial charge < -0.3 is 4.74 Å².